The molecule has 1 unspecified atom stereocenters. The molecule has 0 aliphatic carbocycles. The highest BCUT2D eigenvalue weighted by molar-refractivity contribution is 14.0. The van der Waals surface area contributed by atoms with Crippen molar-refractivity contribution >= 4 is 35.8 Å². The minimum Gasteiger partial charge on any atom is -0.404 e. The summed E-state index contributed by atoms with van der Waals surface area (Å²) in [6, 6.07) is 8.07. The van der Waals surface area contributed by atoms with Gasteiger partial charge in [-0.15, -0.1) is 24.0 Å². The van der Waals surface area contributed by atoms with E-state index in [1.165, 1.54) is 0 Å². The third-order valence-corrected chi connectivity index (χ3v) is 2.22. The smallest absolute Gasteiger partial charge is 0.0301 e. The highest BCUT2D eigenvalue weighted by Crippen LogP contribution is 2.15. The van der Waals surface area contributed by atoms with Crippen LogP contribution in [0.1, 0.15) is 25.5 Å². The molecule has 0 aliphatic heterocycles. The first-order chi connectivity index (χ1) is 7.19. The van der Waals surface area contributed by atoms with Crippen molar-refractivity contribution in [3.63, 3.8) is 0 Å². The topological polar surface area (TPSA) is 64.4 Å². The van der Waals surface area contributed by atoms with Gasteiger partial charge in [0.15, 0.2) is 0 Å². The lowest BCUT2D eigenvalue weighted by molar-refractivity contribution is 0.818. The summed E-state index contributed by atoms with van der Waals surface area (Å²) in [7, 11) is 1.72. The molecule has 4 heteroatoms. The Bertz CT molecular complexity index is 372. The average molecular weight is 333 g/mol. The van der Waals surface area contributed by atoms with Crippen molar-refractivity contribution < 1.29 is 1.43 Å². The first-order valence-electron chi connectivity index (χ1n) is 4.89. The first kappa shape index (κ1) is 15.1. The van der Waals surface area contributed by atoms with Crippen LogP contribution >= 0.6 is 24.0 Å². The lowest BCUT2D eigenvalue weighted by Crippen LogP contribution is -2.04. The Morgan fingerprint density at radius 3 is 2.31 bits per heavy atom. The number of aliphatic imine (C=N–C) groups is 1. The molecule has 0 bridgehead atoms. The van der Waals surface area contributed by atoms with Gasteiger partial charge in [0.05, 0.1) is 0 Å². The summed E-state index contributed by atoms with van der Waals surface area (Å²) < 4.78 is 0. The average Bonchev–Trinajstić information content (AvgIpc) is 2.26. The second-order valence-electron chi connectivity index (χ2n) is 3.42. The highest BCUT2D eigenvalue weighted by Gasteiger charge is 2.01. The van der Waals surface area contributed by atoms with Crippen molar-refractivity contribution in [2.24, 2.45) is 16.5 Å². The van der Waals surface area contributed by atoms with Crippen molar-refractivity contribution in [1.29, 1.82) is 0 Å². The van der Waals surface area contributed by atoms with Gasteiger partial charge < -0.3 is 11.5 Å². The van der Waals surface area contributed by atoms with Crippen LogP contribution < -0.4 is 11.5 Å². The molecule has 16 heavy (non-hydrogen) atoms. The van der Waals surface area contributed by atoms with Crippen LogP contribution in [0.3, 0.4) is 0 Å². The van der Waals surface area contributed by atoms with Crippen LogP contribution in [0.25, 0.3) is 5.57 Å². The number of allylic oxidation sites excluding steroid dienone is 1. The zero-order valence-corrected chi connectivity index (χ0v) is 11.9. The largest absolute Gasteiger partial charge is 0.404 e. The van der Waals surface area contributed by atoms with E-state index in [9.17, 15) is 0 Å². The molecule has 1 aromatic carbocycles. The van der Waals surface area contributed by atoms with Crippen LogP contribution in [0.2, 0.25) is 0 Å². The lowest BCUT2D eigenvalue weighted by Gasteiger charge is -2.07. The van der Waals surface area contributed by atoms with Gasteiger partial charge in [-0.2, -0.15) is 0 Å². The molecule has 1 rings (SSSR count). The van der Waals surface area contributed by atoms with Gasteiger partial charge in [0, 0.05) is 32.5 Å². The summed E-state index contributed by atoms with van der Waals surface area (Å²) in [4.78, 5) is 3.94. The van der Waals surface area contributed by atoms with E-state index >= 15 is 0 Å². The summed E-state index contributed by atoms with van der Waals surface area (Å²) in [6.45, 7) is 1.96. The molecule has 0 heterocycles. The van der Waals surface area contributed by atoms with Crippen LogP contribution in [0.4, 0.5) is 0 Å². The summed E-state index contributed by atoms with van der Waals surface area (Å²) in [5.74, 6) is 0. The first-order valence-corrected chi connectivity index (χ1v) is 4.89. The zero-order chi connectivity index (χ0) is 11.3. The van der Waals surface area contributed by atoms with Crippen LogP contribution in [-0.2, 0) is 0 Å². The molecule has 0 aromatic heterocycles. The number of rotatable bonds is 3. The highest BCUT2D eigenvalue weighted by atomic mass is 127. The molecular weight excluding hydrogens is 313 g/mol. The van der Waals surface area contributed by atoms with Crippen molar-refractivity contribution in [1.82, 2.24) is 0 Å². The van der Waals surface area contributed by atoms with Crippen molar-refractivity contribution in [3.05, 3.63) is 41.6 Å². The maximum absolute atomic E-state index is 5.77. The number of benzene rings is 1. The summed E-state index contributed by atoms with van der Waals surface area (Å²) in [5, 5.41) is 0. The second kappa shape index (κ2) is 7.40. The monoisotopic (exact) mass is 333 g/mol. The molecule has 1 aromatic rings. The standard InChI is InChI=1S/C12H17N3.HI.H2/c1-9(14)10-3-5-11(6-4-10)12(7-13)8-15-2;;/h3-9H,13-14H2,1-2H3;2*1H/b12-7+,15-8?;;. The number of hydrogen-bond acceptors (Lipinski definition) is 3. The Morgan fingerprint density at radius 2 is 1.94 bits per heavy atom. The van der Waals surface area contributed by atoms with Gasteiger partial charge in [-0.25, -0.2) is 0 Å². The predicted octanol–water partition coefficient (Wildman–Crippen LogP) is 2.57. The van der Waals surface area contributed by atoms with E-state index in [1.54, 1.807) is 19.5 Å². The number of halogens is 1. The van der Waals surface area contributed by atoms with E-state index in [4.69, 9.17) is 11.5 Å². The van der Waals surface area contributed by atoms with Gasteiger partial charge in [-0.1, -0.05) is 24.3 Å². The Hall–Kier alpha value is -0.880. The maximum Gasteiger partial charge on any atom is 0.0301 e. The van der Waals surface area contributed by atoms with Crippen LogP contribution in [-0.4, -0.2) is 13.3 Å². The number of nitrogens with zero attached hydrogens (tertiary/aromatic N) is 1. The number of hydrogen-bond donors (Lipinski definition) is 2. The number of nitrogens with two attached hydrogens (primary N) is 2. The summed E-state index contributed by atoms with van der Waals surface area (Å²) >= 11 is 0. The molecule has 0 saturated carbocycles. The summed E-state index contributed by atoms with van der Waals surface area (Å²) in [5.41, 5.74) is 14.4. The third-order valence-electron chi connectivity index (χ3n) is 2.22. The van der Waals surface area contributed by atoms with E-state index in [1.807, 2.05) is 31.2 Å². The molecule has 0 spiro atoms. The molecule has 0 fully saturated rings. The van der Waals surface area contributed by atoms with Gasteiger partial charge in [-0.05, 0) is 18.1 Å². The quantitative estimate of drug-likeness (QED) is 0.660. The van der Waals surface area contributed by atoms with E-state index in [2.05, 4.69) is 4.99 Å². The lowest BCUT2D eigenvalue weighted by atomic mass is 10.0. The minimum atomic E-state index is 0. The van der Waals surface area contributed by atoms with Crippen LogP contribution in [0, 0.1) is 0 Å². The van der Waals surface area contributed by atoms with Gasteiger partial charge in [0.1, 0.15) is 0 Å². The fraction of sp³-hybridized carbons (Fsp3) is 0.250. The van der Waals surface area contributed by atoms with Crippen LogP contribution in [0.15, 0.2) is 35.5 Å². The molecular formula is C12H20IN3. The second-order valence-corrected chi connectivity index (χ2v) is 3.42. The van der Waals surface area contributed by atoms with Gasteiger partial charge in [0.25, 0.3) is 0 Å². The Balaban J connectivity index is 0. The van der Waals surface area contributed by atoms with E-state index in [0.29, 0.717) is 0 Å². The molecule has 0 radical (unpaired) electrons. The van der Waals surface area contributed by atoms with Gasteiger partial charge in [0.2, 0.25) is 0 Å². The van der Waals surface area contributed by atoms with Crippen molar-refractivity contribution in [2.45, 2.75) is 13.0 Å². The van der Waals surface area contributed by atoms with Crippen molar-refractivity contribution in [2.75, 3.05) is 7.05 Å². The molecule has 0 amide bonds. The molecule has 0 aliphatic rings. The third kappa shape index (κ3) is 3.94. The molecule has 3 nitrogen and oxygen atoms in total. The Morgan fingerprint density at radius 1 is 1.38 bits per heavy atom. The molecule has 0 saturated heterocycles. The predicted molar refractivity (Wildman–Crippen MR) is 83.2 cm³/mol. The molecule has 4 N–H and O–H groups in total. The van der Waals surface area contributed by atoms with E-state index in [0.717, 1.165) is 16.7 Å². The van der Waals surface area contributed by atoms with E-state index in [-0.39, 0.29) is 31.4 Å². The Labute approximate surface area is 115 Å². The normalized spacial score (nSPS) is 13.6. The SMILES string of the molecule is CN=C/C(=C\N)c1ccc(C(C)N)cc1.I.[HH]. The fourth-order valence-electron chi connectivity index (χ4n) is 1.33. The minimum absolute atomic E-state index is 0. The zero-order valence-electron chi connectivity index (χ0n) is 9.55. The van der Waals surface area contributed by atoms with Crippen molar-refractivity contribution in [3.8, 4) is 0 Å². The summed E-state index contributed by atoms with van der Waals surface area (Å²) in [6.07, 6.45) is 3.29. The van der Waals surface area contributed by atoms with Gasteiger partial charge in [-0.3, -0.25) is 4.99 Å². The van der Waals surface area contributed by atoms with E-state index < -0.39 is 0 Å². The van der Waals surface area contributed by atoms with Gasteiger partial charge >= 0.3 is 0 Å². The Kier molecular flexibility index (Phi) is 7.00. The molecule has 90 valence electrons. The fourth-order valence-corrected chi connectivity index (χ4v) is 1.33. The maximum atomic E-state index is 5.77. The molecule has 1 atom stereocenters. The van der Waals surface area contributed by atoms with Crippen LogP contribution in [0.5, 0.6) is 0 Å².